The lowest BCUT2D eigenvalue weighted by Crippen LogP contribution is -2.48. The molecule has 196 valence electrons. The number of benzene rings is 1. The van der Waals surface area contributed by atoms with E-state index >= 15 is 0 Å². The number of anilines is 1. The summed E-state index contributed by atoms with van der Waals surface area (Å²) in [6.45, 7) is 2.50. The monoisotopic (exact) mass is 514 g/mol. The number of piperidine rings is 3. The summed E-state index contributed by atoms with van der Waals surface area (Å²) in [5, 5.41) is 2.13. The molecular weight excluding hydrogens is 485 g/mol. The fourth-order valence-corrected chi connectivity index (χ4v) is 5.80. The maximum atomic E-state index is 14.0. The molecule has 1 unspecified atom stereocenters. The Morgan fingerprint density at radius 3 is 2.27 bits per heavy atom. The summed E-state index contributed by atoms with van der Waals surface area (Å²) in [6.07, 6.45) is -0.0935. The Hall–Kier alpha value is -3.43. The van der Waals surface area contributed by atoms with Crippen LogP contribution in [0.15, 0.2) is 42.6 Å². The van der Waals surface area contributed by atoms with Gasteiger partial charge in [0, 0.05) is 44.4 Å². The van der Waals surface area contributed by atoms with Gasteiger partial charge in [0.1, 0.15) is 5.82 Å². The van der Waals surface area contributed by atoms with Gasteiger partial charge in [-0.1, -0.05) is 18.2 Å². The van der Waals surface area contributed by atoms with Gasteiger partial charge in [0.05, 0.1) is 11.5 Å². The van der Waals surface area contributed by atoms with Gasteiger partial charge in [-0.2, -0.15) is 13.2 Å². The molecule has 0 radical (unpaired) electrons. The Balaban J connectivity index is 1.25. The zero-order chi connectivity index (χ0) is 26.2. The molecule has 3 aliphatic heterocycles. The largest absolute Gasteiger partial charge is 0.416 e. The molecule has 3 fully saturated rings. The maximum Gasteiger partial charge on any atom is 0.416 e. The minimum absolute atomic E-state index is 0.00195. The second-order valence-corrected chi connectivity index (χ2v) is 10.3. The molecule has 0 bridgehead atoms. The van der Waals surface area contributed by atoms with Crippen LogP contribution in [0.3, 0.4) is 0 Å². The molecular formula is C27H29F3N4O3. The van der Waals surface area contributed by atoms with Crippen LogP contribution >= 0.6 is 0 Å². The predicted octanol–water partition coefficient (Wildman–Crippen LogP) is 4.14. The predicted molar refractivity (Wildman–Crippen MR) is 130 cm³/mol. The van der Waals surface area contributed by atoms with Crippen molar-refractivity contribution in [2.45, 2.75) is 50.6 Å². The van der Waals surface area contributed by atoms with Crippen molar-refractivity contribution in [2.75, 3.05) is 31.1 Å². The number of carbonyl (C=O) groups is 3. The standard InChI is InChI=1S/C27H29F3N4O3/c28-27(29,30)21-16-22(31-17-20(21)19-6-7-23(35)32-24(19)36)33-12-8-26(9-13-33)10-14-34(15-11-26)25(37)18-4-2-1-3-5-18/h1-5,16-17,19H,6-15H2,(H,32,35,36). The van der Waals surface area contributed by atoms with Crippen LogP contribution in [0.2, 0.25) is 0 Å². The highest BCUT2D eigenvalue weighted by Crippen LogP contribution is 2.43. The molecule has 4 heterocycles. The van der Waals surface area contributed by atoms with E-state index in [1.807, 2.05) is 40.1 Å². The average Bonchev–Trinajstić information content (AvgIpc) is 2.89. The maximum absolute atomic E-state index is 14.0. The molecule has 2 aromatic rings. The third-order valence-corrected chi connectivity index (χ3v) is 8.12. The van der Waals surface area contributed by atoms with E-state index < -0.39 is 29.5 Å². The Morgan fingerprint density at radius 2 is 1.65 bits per heavy atom. The van der Waals surface area contributed by atoms with Crippen LogP contribution in [0.5, 0.6) is 0 Å². The Bertz CT molecular complexity index is 1180. The summed E-state index contributed by atoms with van der Waals surface area (Å²) in [6, 6.07) is 10.3. The molecule has 1 spiro atoms. The third kappa shape index (κ3) is 5.19. The second kappa shape index (κ2) is 9.79. The van der Waals surface area contributed by atoms with Gasteiger partial charge in [0.15, 0.2) is 0 Å². The van der Waals surface area contributed by atoms with E-state index in [-0.39, 0.29) is 35.5 Å². The topological polar surface area (TPSA) is 82.6 Å². The van der Waals surface area contributed by atoms with Crippen molar-refractivity contribution in [1.82, 2.24) is 15.2 Å². The number of pyridine rings is 1. The van der Waals surface area contributed by atoms with E-state index in [9.17, 15) is 27.6 Å². The zero-order valence-electron chi connectivity index (χ0n) is 20.4. The van der Waals surface area contributed by atoms with E-state index in [1.165, 1.54) is 0 Å². The Morgan fingerprint density at radius 1 is 1.00 bits per heavy atom. The number of halogens is 3. The normalized spacial score (nSPS) is 22.2. The lowest BCUT2D eigenvalue weighted by molar-refractivity contribution is -0.139. The van der Waals surface area contributed by atoms with Crippen LogP contribution in [-0.4, -0.2) is 53.8 Å². The molecule has 7 nitrogen and oxygen atoms in total. The quantitative estimate of drug-likeness (QED) is 0.623. The van der Waals surface area contributed by atoms with E-state index in [0.717, 1.165) is 37.9 Å². The number of rotatable bonds is 3. The molecule has 10 heteroatoms. The summed E-state index contributed by atoms with van der Waals surface area (Å²) < 4.78 is 42.0. The minimum Gasteiger partial charge on any atom is -0.357 e. The van der Waals surface area contributed by atoms with Crippen LogP contribution in [0.1, 0.15) is 65.9 Å². The number of imide groups is 1. The first kappa shape index (κ1) is 25.2. The molecule has 3 amide bonds. The first-order valence-electron chi connectivity index (χ1n) is 12.7. The molecule has 0 aliphatic carbocycles. The summed E-state index contributed by atoms with van der Waals surface area (Å²) in [4.78, 5) is 44.5. The highest BCUT2D eigenvalue weighted by molar-refractivity contribution is 6.01. The molecule has 1 aromatic carbocycles. The summed E-state index contributed by atoms with van der Waals surface area (Å²) in [7, 11) is 0. The molecule has 3 aliphatic rings. The zero-order valence-corrected chi connectivity index (χ0v) is 20.4. The van der Waals surface area contributed by atoms with Gasteiger partial charge in [-0.25, -0.2) is 4.98 Å². The van der Waals surface area contributed by atoms with Crippen molar-refractivity contribution in [2.24, 2.45) is 5.41 Å². The van der Waals surface area contributed by atoms with Gasteiger partial charge in [-0.05, 0) is 61.3 Å². The van der Waals surface area contributed by atoms with Crippen molar-refractivity contribution < 1.29 is 27.6 Å². The SMILES string of the molecule is O=C1CCC(c2cnc(N3CCC4(CCN(C(=O)c5ccccc5)CC4)CC3)cc2C(F)(F)F)C(=O)N1. The fraction of sp³-hybridized carbons (Fsp3) is 0.481. The van der Waals surface area contributed by atoms with E-state index in [4.69, 9.17) is 0 Å². The van der Waals surface area contributed by atoms with E-state index in [1.54, 1.807) is 0 Å². The summed E-state index contributed by atoms with van der Waals surface area (Å²) in [5.41, 5.74) is -0.311. The highest BCUT2D eigenvalue weighted by atomic mass is 19.4. The number of hydrogen-bond acceptors (Lipinski definition) is 5. The number of amides is 3. The number of aromatic nitrogens is 1. The third-order valence-electron chi connectivity index (χ3n) is 8.12. The van der Waals surface area contributed by atoms with Crippen molar-refractivity contribution >= 4 is 23.5 Å². The van der Waals surface area contributed by atoms with Crippen molar-refractivity contribution in [3.8, 4) is 0 Å². The lowest BCUT2D eigenvalue weighted by atomic mass is 9.71. The molecule has 5 rings (SSSR count). The van der Waals surface area contributed by atoms with Gasteiger partial charge in [-0.15, -0.1) is 0 Å². The first-order valence-corrected chi connectivity index (χ1v) is 12.7. The number of hydrogen-bond donors (Lipinski definition) is 1. The number of nitrogens with one attached hydrogen (secondary N) is 1. The van der Waals surface area contributed by atoms with E-state index in [2.05, 4.69) is 10.3 Å². The number of nitrogens with zero attached hydrogens (tertiary/aromatic N) is 3. The van der Waals surface area contributed by atoms with Crippen molar-refractivity contribution in [1.29, 1.82) is 0 Å². The Labute approximate surface area is 213 Å². The fourth-order valence-electron chi connectivity index (χ4n) is 5.80. The van der Waals surface area contributed by atoms with Crippen LogP contribution in [-0.2, 0) is 15.8 Å². The number of carbonyl (C=O) groups excluding carboxylic acids is 3. The summed E-state index contributed by atoms with van der Waals surface area (Å²) in [5.74, 6) is -1.96. The van der Waals surface area contributed by atoms with Gasteiger partial charge in [0.2, 0.25) is 11.8 Å². The smallest absolute Gasteiger partial charge is 0.357 e. The molecule has 1 N–H and O–H groups in total. The lowest BCUT2D eigenvalue weighted by Gasteiger charge is -2.47. The molecule has 37 heavy (non-hydrogen) atoms. The van der Waals surface area contributed by atoms with Crippen molar-refractivity contribution in [3.63, 3.8) is 0 Å². The average molecular weight is 515 g/mol. The van der Waals surface area contributed by atoms with Gasteiger partial charge >= 0.3 is 6.18 Å². The molecule has 3 saturated heterocycles. The van der Waals surface area contributed by atoms with Crippen LogP contribution < -0.4 is 10.2 Å². The van der Waals surface area contributed by atoms with Crippen LogP contribution in [0.25, 0.3) is 0 Å². The van der Waals surface area contributed by atoms with Gasteiger partial charge in [-0.3, -0.25) is 19.7 Å². The molecule has 0 saturated carbocycles. The Kier molecular flexibility index (Phi) is 6.68. The van der Waals surface area contributed by atoms with E-state index in [0.29, 0.717) is 31.7 Å². The number of alkyl halides is 3. The van der Waals surface area contributed by atoms with Crippen LogP contribution in [0.4, 0.5) is 19.0 Å². The first-order chi connectivity index (χ1) is 17.7. The second-order valence-electron chi connectivity index (χ2n) is 10.3. The number of likely N-dealkylation sites (tertiary alicyclic amines) is 1. The molecule has 1 aromatic heterocycles. The van der Waals surface area contributed by atoms with Gasteiger partial charge < -0.3 is 9.80 Å². The van der Waals surface area contributed by atoms with Crippen molar-refractivity contribution in [3.05, 3.63) is 59.3 Å². The minimum atomic E-state index is -4.65. The molecule has 1 atom stereocenters. The van der Waals surface area contributed by atoms with Crippen LogP contribution in [0, 0.1) is 5.41 Å². The summed E-state index contributed by atoms with van der Waals surface area (Å²) >= 11 is 0. The van der Waals surface area contributed by atoms with Gasteiger partial charge in [0.25, 0.3) is 5.91 Å². The highest BCUT2D eigenvalue weighted by Gasteiger charge is 2.42.